The van der Waals surface area contributed by atoms with Crippen LogP contribution in [-0.2, 0) is 24.9 Å². The van der Waals surface area contributed by atoms with Gasteiger partial charge in [0.25, 0.3) is 5.91 Å². The van der Waals surface area contributed by atoms with Gasteiger partial charge in [0, 0.05) is 44.7 Å². The van der Waals surface area contributed by atoms with Crippen LogP contribution < -0.4 is 10.1 Å². The van der Waals surface area contributed by atoms with Gasteiger partial charge in [-0.2, -0.15) is 5.10 Å². The number of benzene rings is 2. The fourth-order valence-corrected chi connectivity index (χ4v) is 3.51. The zero-order valence-electron chi connectivity index (χ0n) is 15.5. The molecule has 6 nitrogen and oxygen atoms in total. The number of ether oxygens (including phenoxy) is 1. The van der Waals surface area contributed by atoms with Crippen LogP contribution >= 0.6 is 0 Å². The summed E-state index contributed by atoms with van der Waals surface area (Å²) in [7, 11) is 1.89. The van der Waals surface area contributed by atoms with E-state index in [-0.39, 0.29) is 12.5 Å². The Morgan fingerprint density at radius 1 is 1.19 bits per heavy atom. The number of hydrogen-bond donors (Lipinski definition) is 1. The van der Waals surface area contributed by atoms with E-state index in [0.29, 0.717) is 12.3 Å². The van der Waals surface area contributed by atoms with E-state index in [0.717, 1.165) is 37.0 Å². The summed E-state index contributed by atoms with van der Waals surface area (Å²) in [6.07, 6.45) is 2.74. The number of aromatic nitrogens is 2. The molecule has 27 heavy (non-hydrogen) atoms. The highest BCUT2D eigenvalue weighted by molar-refractivity contribution is 5.80. The summed E-state index contributed by atoms with van der Waals surface area (Å²) < 4.78 is 7.40. The molecule has 4 rings (SSSR count). The van der Waals surface area contributed by atoms with E-state index < -0.39 is 0 Å². The van der Waals surface area contributed by atoms with Crippen LogP contribution in [0, 0.1) is 0 Å². The van der Waals surface area contributed by atoms with Gasteiger partial charge in [-0.1, -0.05) is 24.3 Å². The van der Waals surface area contributed by atoms with Gasteiger partial charge in [0.1, 0.15) is 5.75 Å². The molecule has 0 saturated heterocycles. The number of carbonyl (C=O) groups excluding carboxylic acids is 1. The van der Waals surface area contributed by atoms with E-state index in [2.05, 4.69) is 39.6 Å². The standard InChI is InChI=1S/C21H24N4O2/c1-24-20-11-19(8-7-16(20)12-23-24)27-15-21(26)22-9-4-10-25-13-17-5-2-3-6-18(17)14-25/h2-3,5-8,11-12H,4,9-10,13-15H2,1H3,(H,22,26). The number of amides is 1. The second kappa shape index (κ2) is 7.80. The van der Waals surface area contributed by atoms with Crippen molar-refractivity contribution in [1.82, 2.24) is 20.0 Å². The molecule has 1 aliphatic heterocycles. The second-order valence-corrected chi connectivity index (χ2v) is 6.96. The minimum Gasteiger partial charge on any atom is -0.484 e. The first-order chi connectivity index (χ1) is 13.2. The molecule has 1 aliphatic rings. The van der Waals surface area contributed by atoms with Gasteiger partial charge >= 0.3 is 0 Å². The molecular formula is C21H24N4O2. The van der Waals surface area contributed by atoms with Crippen LogP contribution in [-0.4, -0.2) is 40.3 Å². The van der Waals surface area contributed by atoms with Crippen molar-refractivity contribution in [2.75, 3.05) is 19.7 Å². The summed E-state index contributed by atoms with van der Waals surface area (Å²) >= 11 is 0. The summed E-state index contributed by atoms with van der Waals surface area (Å²) in [6, 6.07) is 14.3. The van der Waals surface area contributed by atoms with Crippen molar-refractivity contribution < 1.29 is 9.53 Å². The molecule has 0 saturated carbocycles. The summed E-state index contributed by atoms with van der Waals surface area (Å²) in [5.41, 5.74) is 3.82. The van der Waals surface area contributed by atoms with Gasteiger partial charge in [0.05, 0.1) is 11.7 Å². The first kappa shape index (κ1) is 17.5. The summed E-state index contributed by atoms with van der Waals surface area (Å²) in [6.45, 7) is 3.68. The van der Waals surface area contributed by atoms with Gasteiger partial charge in [-0.15, -0.1) is 0 Å². The van der Waals surface area contributed by atoms with E-state index in [1.54, 1.807) is 4.68 Å². The van der Waals surface area contributed by atoms with Crippen molar-refractivity contribution >= 4 is 16.8 Å². The molecule has 1 aromatic heterocycles. The van der Waals surface area contributed by atoms with Gasteiger partial charge in [-0.3, -0.25) is 14.4 Å². The van der Waals surface area contributed by atoms with E-state index in [1.807, 2.05) is 31.4 Å². The monoisotopic (exact) mass is 364 g/mol. The molecule has 6 heteroatoms. The second-order valence-electron chi connectivity index (χ2n) is 6.96. The predicted molar refractivity (Wildman–Crippen MR) is 104 cm³/mol. The Morgan fingerprint density at radius 3 is 2.74 bits per heavy atom. The number of nitrogens with zero attached hydrogens (tertiary/aromatic N) is 3. The van der Waals surface area contributed by atoms with Gasteiger partial charge in [-0.25, -0.2) is 0 Å². The van der Waals surface area contributed by atoms with Crippen LogP contribution in [0.4, 0.5) is 0 Å². The Kier molecular flexibility index (Phi) is 5.07. The molecule has 3 aromatic rings. The summed E-state index contributed by atoms with van der Waals surface area (Å²) in [4.78, 5) is 14.4. The van der Waals surface area contributed by atoms with Crippen molar-refractivity contribution in [1.29, 1.82) is 0 Å². The Bertz CT molecular complexity index is 925. The lowest BCUT2D eigenvalue weighted by Crippen LogP contribution is -2.31. The van der Waals surface area contributed by atoms with Gasteiger partial charge in [0.2, 0.25) is 0 Å². The van der Waals surface area contributed by atoms with Crippen molar-refractivity contribution in [3.8, 4) is 5.75 Å². The quantitative estimate of drug-likeness (QED) is 0.655. The third kappa shape index (κ3) is 4.11. The van der Waals surface area contributed by atoms with Crippen LogP contribution in [0.25, 0.3) is 10.9 Å². The molecular weight excluding hydrogens is 340 g/mol. The average Bonchev–Trinajstić information content (AvgIpc) is 3.26. The van der Waals surface area contributed by atoms with Crippen molar-refractivity contribution in [2.45, 2.75) is 19.5 Å². The number of aryl methyl sites for hydroxylation is 1. The minimum absolute atomic E-state index is 0.0263. The zero-order chi connectivity index (χ0) is 18.6. The SMILES string of the molecule is Cn1ncc2ccc(OCC(=O)NCCCN3Cc4ccccc4C3)cc21. The third-order valence-corrected chi connectivity index (χ3v) is 4.97. The lowest BCUT2D eigenvalue weighted by atomic mass is 10.1. The van der Waals surface area contributed by atoms with E-state index in [9.17, 15) is 4.79 Å². The van der Waals surface area contributed by atoms with Crippen molar-refractivity contribution in [2.24, 2.45) is 7.05 Å². The van der Waals surface area contributed by atoms with Crippen LogP contribution in [0.3, 0.4) is 0 Å². The molecule has 0 atom stereocenters. The fraction of sp³-hybridized carbons (Fsp3) is 0.333. The zero-order valence-corrected chi connectivity index (χ0v) is 15.5. The van der Waals surface area contributed by atoms with E-state index in [1.165, 1.54) is 11.1 Å². The highest BCUT2D eigenvalue weighted by Crippen LogP contribution is 2.22. The minimum atomic E-state index is -0.0928. The molecule has 1 N–H and O–H groups in total. The number of hydrogen-bond acceptors (Lipinski definition) is 4. The number of carbonyl (C=O) groups is 1. The smallest absolute Gasteiger partial charge is 0.257 e. The molecule has 1 amide bonds. The maximum atomic E-state index is 12.0. The summed E-state index contributed by atoms with van der Waals surface area (Å²) in [5.74, 6) is 0.584. The van der Waals surface area contributed by atoms with Gasteiger partial charge < -0.3 is 10.1 Å². The van der Waals surface area contributed by atoms with Crippen LogP contribution in [0.15, 0.2) is 48.7 Å². The van der Waals surface area contributed by atoms with Crippen LogP contribution in [0.5, 0.6) is 5.75 Å². The van der Waals surface area contributed by atoms with E-state index in [4.69, 9.17) is 4.74 Å². The largest absolute Gasteiger partial charge is 0.484 e. The molecule has 0 bridgehead atoms. The molecule has 2 heterocycles. The van der Waals surface area contributed by atoms with Crippen molar-refractivity contribution in [3.05, 3.63) is 59.8 Å². The van der Waals surface area contributed by atoms with Gasteiger partial charge in [0.15, 0.2) is 6.61 Å². The first-order valence-electron chi connectivity index (χ1n) is 9.29. The Hall–Kier alpha value is -2.86. The van der Waals surface area contributed by atoms with Crippen LogP contribution in [0.1, 0.15) is 17.5 Å². The predicted octanol–water partition coefficient (Wildman–Crippen LogP) is 2.47. The maximum absolute atomic E-state index is 12.0. The lowest BCUT2D eigenvalue weighted by molar-refractivity contribution is -0.123. The molecule has 2 aromatic carbocycles. The normalized spacial score (nSPS) is 13.7. The third-order valence-electron chi connectivity index (χ3n) is 4.97. The molecule has 140 valence electrons. The highest BCUT2D eigenvalue weighted by Gasteiger charge is 2.17. The molecule has 0 unspecified atom stereocenters. The topological polar surface area (TPSA) is 59.4 Å². The maximum Gasteiger partial charge on any atom is 0.257 e. The molecule has 0 radical (unpaired) electrons. The lowest BCUT2D eigenvalue weighted by Gasteiger charge is -2.14. The molecule has 0 spiro atoms. The van der Waals surface area contributed by atoms with Crippen molar-refractivity contribution in [3.63, 3.8) is 0 Å². The van der Waals surface area contributed by atoms with Crippen LogP contribution in [0.2, 0.25) is 0 Å². The number of fused-ring (bicyclic) bond motifs is 2. The Balaban J connectivity index is 1.16. The Morgan fingerprint density at radius 2 is 1.96 bits per heavy atom. The van der Waals surface area contributed by atoms with E-state index >= 15 is 0 Å². The number of nitrogens with one attached hydrogen (secondary N) is 1. The molecule has 0 aliphatic carbocycles. The van der Waals surface area contributed by atoms with Gasteiger partial charge in [-0.05, 0) is 29.7 Å². The molecule has 0 fully saturated rings. The fourth-order valence-electron chi connectivity index (χ4n) is 3.51. The number of rotatable bonds is 7. The highest BCUT2D eigenvalue weighted by atomic mass is 16.5. The summed E-state index contributed by atoms with van der Waals surface area (Å²) in [5, 5.41) is 8.19. The first-order valence-corrected chi connectivity index (χ1v) is 9.29. The average molecular weight is 364 g/mol. The Labute approximate surface area is 158 Å².